The lowest BCUT2D eigenvalue weighted by Gasteiger charge is -2.19. The molecule has 1 heterocycles. The van der Waals surface area contributed by atoms with Gasteiger partial charge in [-0.25, -0.2) is 0 Å². The van der Waals surface area contributed by atoms with E-state index < -0.39 is 0 Å². The summed E-state index contributed by atoms with van der Waals surface area (Å²) in [6, 6.07) is 0. The number of nitrogens with zero attached hydrogens (tertiary/aromatic N) is 2. The van der Waals surface area contributed by atoms with Crippen LogP contribution in [-0.4, -0.2) is 15.6 Å². The third kappa shape index (κ3) is 2.74. The molecule has 4 nitrogen and oxygen atoms in total. The van der Waals surface area contributed by atoms with Crippen LogP contribution in [-0.2, 0) is 0 Å². The van der Waals surface area contributed by atoms with Crippen LogP contribution in [0.5, 0.6) is 5.88 Å². The molecule has 1 rings (SSSR count). The number of nitrogen functional groups attached to an aromatic ring is 1. The zero-order valence-electron chi connectivity index (χ0n) is 7.53. The van der Waals surface area contributed by atoms with E-state index in [1.165, 1.54) is 6.20 Å². The summed E-state index contributed by atoms with van der Waals surface area (Å²) in [5.41, 5.74) is 5.16. The minimum atomic E-state index is -0.261. The Labute approximate surface area is 71.8 Å². The summed E-state index contributed by atoms with van der Waals surface area (Å²) in [5, 5.41) is 0. The lowest BCUT2D eigenvalue weighted by atomic mass is 10.2. The van der Waals surface area contributed by atoms with Gasteiger partial charge in [-0.1, -0.05) is 0 Å². The fourth-order valence-corrected chi connectivity index (χ4v) is 0.725. The van der Waals surface area contributed by atoms with Gasteiger partial charge in [0.05, 0.1) is 12.4 Å². The normalized spacial score (nSPS) is 11.2. The largest absolute Gasteiger partial charge is 0.471 e. The van der Waals surface area contributed by atoms with Crippen molar-refractivity contribution in [2.45, 2.75) is 26.4 Å². The van der Waals surface area contributed by atoms with Gasteiger partial charge in [0.15, 0.2) is 0 Å². The molecule has 0 saturated heterocycles. The summed E-state index contributed by atoms with van der Waals surface area (Å²) in [6.45, 7) is 5.83. The molecule has 0 unspecified atom stereocenters. The molecule has 66 valence electrons. The third-order valence-electron chi connectivity index (χ3n) is 1.04. The van der Waals surface area contributed by atoms with Crippen LogP contribution < -0.4 is 10.5 Å². The SMILES string of the molecule is CC(C)(C)Oc1cncc(N)n1. The zero-order valence-corrected chi connectivity index (χ0v) is 7.53. The Balaban J connectivity index is 2.77. The summed E-state index contributed by atoms with van der Waals surface area (Å²) in [7, 11) is 0. The van der Waals surface area contributed by atoms with Crippen LogP contribution in [0.2, 0.25) is 0 Å². The van der Waals surface area contributed by atoms with Crippen LogP contribution in [0.1, 0.15) is 20.8 Å². The fraction of sp³-hybridized carbons (Fsp3) is 0.500. The highest BCUT2D eigenvalue weighted by Gasteiger charge is 2.12. The molecular formula is C8H13N3O. The summed E-state index contributed by atoms with van der Waals surface area (Å²) >= 11 is 0. The summed E-state index contributed by atoms with van der Waals surface area (Å²) in [6.07, 6.45) is 3.02. The molecule has 0 aliphatic heterocycles. The van der Waals surface area contributed by atoms with Gasteiger partial charge in [0.25, 0.3) is 0 Å². The van der Waals surface area contributed by atoms with Crippen molar-refractivity contribution in [3.8, 4) is 5.88 Å². The monoisotopic (exact) mass is 167 g/mol. The maximum absolute atomic E-state index is 5.43. The van der Waals surface area contributed by atoms with Gasteiger partial charge in [-0.05, 0) is 20.8 Å². The van der Waals surface area contributed by atoms with Gasteiger partial charge in [0.1, 0.15) is 11.4 Å². The minimum Gasteiger partial charge on any atom is -0.471 e. The molecule has 0 bridgehead atoms. The Bertz CT molecular complexity index is 267. The van der Waals surface area contributed by atoms with Crippen LogP contribution in [0.3, 0.4) is 0 Å². The highest BCUT2D eigenvalue weighted by atomic mass is 16.5. The molecule has 12 heavy (non-hydrogen) atoms. The fourth-order valence-electron chi connectivity index (χ4n) is 0.725. The van der Waals surface area contributed by atoms with E-state index in [2.05, 4.69) is 9.97 Å². The van der Waals surface area contributed by atoms with Crippen molar-refractivity contribution in [2.24, 2.45) is 0 Å². The predicted molar refractivity (Wildman–Crippen MR) is 46.8 cm³/mol. The summed E-state index contributed by atoms with van der Waals surface area (Å²) < 4.78 is 5.43. The highest BCUT2D eigenvalue weighted by Crippen LogP contribution is 2.14. The Kier molecular flexibility index (Phi) is 2.17. The molecule has 0 spiro atoms. The smallest absolute Gasteiger partial charge is 0.234 e. The Morgan fingerprint density at radius 2 is 2.00 bits per heavy atom. The molecule has 2 N–H and O–H groups in total. The second kappa shape index (κ2) is 2.97. The van der Waals surface area contributed by atoms with Crippen molar-refractivity contribution in [2.75, 3.05) is 5.73 Å². The lowest BCUT2D eigenvalue weighted by Crippen LogP contribution is -2.23. The molecule has 0 amide bonds. The Morgan fingerprint density at radius 1 is 1.33 bits per heavy atom. The quantitative estimate of drug-likeness (QED) is 0.683. The average molecular weight is 167 g/mol. The first kappa shape index (κ1) is 8.77. The van der Waals surface area contributed by atoms with E-state index in [0.29, 0.717) is 11.7 Å². The van der Waals surface area contributed by atoms with Crippen LogP contribution in [0.4, 0.5) is 5.82 Å². The van der Waals surface area contributed by atoms with Crippen molar-refractivity contribution in [1.29, 1.82) is 0 Å². The van der Waals surface area contributed by atoms with Gasteiger partial charge in [0, 0.05) is 0 Å². The standard InChI is InChI=1S/C8H13N3O/c1-8(2,3)12-7-5-10-4-6(9)11-7/h4-5H,1-3H3,(H2,9,11). The molecule has 0 aliphatic carbocycles. The van der Waals surface area contributed by atoms with Gasteiger partial charge in [-0.2, -0.15) is 4.98 Å². The highest BCUT2D eigenvalue weighted by molar-refractivity contribution is 5.26. The number of hydrogen-bond donors (Lipinski definition) is 1. The number of ether oxygens (including phenoxy) is 1. The number of rotatable bonds is 1. The molecule has 1 aromatic rings. The van der Waals surface area contributed by atoms with E-state index in [-0.39, 0.29) is 5.60 Å². The van der Waals surface area contributed by atoms with E-state index in [1.807, 2.05) is 20.8 Å². The van der Waals surface area contributed by atoms with Gasteiger partial charge in [-0.15, -0.1) is 0 Å². The second-order valence-electron chi connectivity index (χ2n) is 3.50. The van der Waals surface area contributed by atoms with Crippen LogP contribution in [0, 0.1) is 0 Å². The first-order chi connectivity index (χ1) is 5.47. The molecule has 0 radical (unpaired) electrons. The molecule has 0 aromatic carbocycles. The van der Waals surface area contributed by atoms with E-state index >= 15 is 0 Å². The van der Waals surface area contributed by atoms with Crippen molar-refractivity contribution in [3.63, 3.8) is 0 Å². The minimum absolute atomic E-state index is 0.261. The Morgan fingerprint density at radius 3 is 2.50 bits per heavy atom. The maximum atomic E-state index is 5.43. The molecule has 1 aromatic heterocycles. The lowest BCUT2D eigenvalue weighted by molar-refractivity contribution is 0.123. The van der Waals surface area contributed by atoms with Crippen molar-refractivity contribution in [1.82, 2.24) is 9.97 Å². The van der Waals surface area contributed by atoms with Crippen LogP contribution in [0.15, 0.2) is 12.4 Å². The topological polar surface area (TPSA) is 61.0 Å². The van der Waals surface area contributed by atoms with E-state index in [4.69, 9.17) is 10.5 Å². The van der Waals surface area contributed by atoms with E-state index in [0.717, 1.165) is 0 Å². The Hall–Kier alpha value is -1.32. The van der Waals surface area contributed by atoms with Gasteiger partial charge >= 0.3 is 0 Å². The number of hydrogen-bond acceptors (Lipinski definition) is 4. The van der Waals surface area contributed by atoms with Crippen molar-refractivity contribution < 1.29 is 4.74 Å². The van der Waals surface area contributed by atoms with Crippen LogP contribution in [0.25, 0.3) is 0 Å². The molecular weight excluding hydrogens is 154 g/mol. The predicted octanol–water partition coefficient (Wildman–Crippen LogP) is 1.24. The van der Waals surface area contributed by atoms with Crippen molar-refractivity contribution in [3.05, 3.63) is 12.4 Å². The number of anilines is 1. The van der Waals surface area contributed by atoms with E-state index in [9.17, 15) is 0 Å². The van der Waals surface area contributed by atoms with Gasteiger partial charge in [0.2, 0.25) is 5.88 Å². The zero-order chi connectivity index (χ0) is 9.19. The third-order valence-corrected chi connectivity index (χ3v) is 1.04. The molecule has 4 heteroatoms. The molecule has 0 fully saturated rings. The van der Waals surface area contributed by atoms with E-state index in [1.54, 1.807) is 6.20 Å². The molecule has 0 atom stereocenters. The molecule has 0 aliphatic rings. The van der Waals surface area contributed by atoms with Gasteiger partial charge in [-0.3, -0.25) is 4.98 Å². The first-order valence-electron chi connectivity index (χ1n) is 3.74. The number of aromatic nitrogens is 2. The van der Waals surface area contributed by atoms with Crippen LogP contribution >= 0.6 is 0 Å². The molecule has 0 saturated carbocycles. The maximum Gasteiger partial charge on any atom is 0.234 e. The summed E-state index contributed by atoms with van der Waals surface area (Å²) in [4.78, 5) is 7.81. The first-order valence-corrected chi connectivity index (χ1v) is 3.74. The van der Waals surface area contributed by atoms with Gasteiger partial charge < -0.3 is 10.5 Å². The summed E-state index contributed by atoms with van der Waals surface area (Å²) in [5.74, 6) is 0.833. The second-order valence-corrected chi connectivity index (χ2v) is 3.50. The average Bonchev–Trinajstić information content (AvgIpc) is 1.82. The number of nitrogens with two attached hydrogens (primary N) is 1. The van der Waals surface area contributed by atoms with Crippen molar-refractivity contribution >= 4 is 5.82 Å².